The molecule has 1 aromatic carbocycles. The Labute approximate surface area is 69.7 Å². The Bertz CT molecular complexity index is 135. The summed E-state index contributed by atoms with van der Waals surface area (Å²) in [6, 6.07) is 8.33. The molecule has 64 valence electrons. The van der Waals surface area contributed by atoms with Crippen LogP contribution < -0.4 is 5.11 Å². The zero-order valence-electron chi connectivity index (χ0n) is 7.79. The third-order valence-corrected chi connectivity index (χ3v) is 0.743. The van der Waals surface area contributed by atoms with Gasteiger partial charge in [-0.2, -0.15) is 0 Å². The fraction of sp³-hybridized carbons (Fsp3) is 0.400. The van der Waals surface area contributed by atoms with Crippen molar-refractivity contribution in [2.75, 3.05) is 0 Å². The first kappa shape index (κ1) is 12.7. The third-order valence-electron chi connectivity index (χ3n) is 0.743. The van der Waals surface area contributed by atoms with Gasteiger partial charge >= 0.3 is 0 Å². The Balaban J connectivity index is 0. The highest BCUT2D eigenvalue weighted by atomic mass is 16.3. The van der Waals surface area contributed by atoms with Crippen molar-refractivity contribution < 1.29 is 5.11 Å². The lowest BCUT2D eigenvalue weighted by molar-refractivity contribution is -0.268. The zero-order valence-corrected chi connectivity index (χ0v) is 7.79. The number of hydrogen-bond acceptors (Lipinski definition) is 1. The van der Waals surface area contributed by atoms with Gasteiger partial charge in [0.1, 0.15) is 0 Å². The molecule has 0 aliphatic carbocycles. The van der Waals surface area contributed by atoms with Crippen LogP contribution in [0.25, 0.3) is 0 Å². The number of rotatable bonds is 0. The van der Waals surface area contributed by atoms with Gasteiger partial charge in [-0.25, -0.2) is 0 Å². The Morgan fingerprint density at radius 2 is 1.18 bits per heavy atom. The summed E-state index contributed by atoms with van der Waals surface area (Å²) in [4.78, 5) is 0. The molecule has 1 rings (SSSR count). The van der Waals surface area contributed by atoms with E-state index in [1.165, 1.54) is 12.1 Å². The van der Waals surface area contributed by atoms with Crippen molar-refractivity contribution in [2.24, 2.45) is 0 Å². The summed E-state index contributed by atoms with van der Waals surface area (Å²) in [7, 11) is 0. The van der Waals surface area contributed by atoms with Crippen LogP contribution in [0.1, 0.15) is 27.7 Å². The summed E-state index contributed by atoms with van der Waals surface area (Å²) in [5.74, 6) is 0.0718. The molecule has 0 spiro atoms. The molecule has 0 saturated heterocycles. The van der Waals surface area contributed by atoms with Crippen LogP contribution in [0.15, 0.2) is 30.3 Å². The van der Waals surface area contributed by atoms with Gasteiger partial charge in [-0.05, 0) is 0 Å². The van der Waals surface area contributed by atoms with Crippen LogP contribution in [-0.4, -0.2) is 0 Å². The van der Waals surface area contributed by atoms with Gasteiger partial charge in [0.05, 0.1) is 0 Å². The molecule has 1 aromatic rings. The molecule has 0 unspecified atom stereocenters. The number of para-hydroxylation sites is 1. The Morgan fingerprint density at radius 3 is 1.36 bits per heavy atom. The van der Waals surface area contributed by atoms with E-state index in [9.17, 15) is 5.11 Å². The van der Waals surface area contributed by atoms with Crippen LogP contribution in [0, 0.1) is 0 Å². The maximum atomic E-state index is 10.3. The molecule has 0 saturated carbocycles. The van der Waals surface area contributed by atoms with Gasteiger partial charge in [0, 0.05) is 0 Å². The molecule has 0 fully saturated rings. The van der Waals surface area contributed by atoms with E-state index in [-0.39, 0.29) is 5.75 Å². The largest absolute Gasteiger partial charge is 0.872 e. The second-order valence-electron chi connectivity index (χ2n) is 1.31. The van der Waals surface area contributed by atoms with Crippen LogP contribution in [0.3, 0.4) is 0 Å². The SMILES string of the molecule is CC.CC.[O-]c1ccccc1. The van der Waals surface area contributed by atoms with Crippen molar-refractivity contribution in [1.82, 2.24) is 0 Å². The highest BCUT2D eigenvalue weighted by molar-refractivity contribution is 5.17. The molecule has 0 radical (unpaired) electrons. The van der Waals surface area contributed by atoms with Gasteiger partial charge in [-0.1, -0.05) is 58.0 Å². The highest BCUT2D eigenvalue weighted by Gasteiger charge is 1.64. The molecular formula is C10H17O-. The van der Waals surface area contributed by atoms with E-state index >= 15 is 0 Å². The number of hydrogen-bond donors (Lipinski definition) is 0. The summed E-state index contributed by atoms with van der Waals surface area (Å²) in [6.07, 6.45) is 0. The van der Waals surface area contributed by atoms with Crippen molar-refractivity contribution in [2.45, 2.75) is 27.7 Å². The van der Waals surface area contributed by atoms with Gasteiger partial charge in [-0.3, -0.25) is 0 Å². The first-order valence-corrected chi connectivity index (χ1v) is 4.11. The van der Waals surface area contributed by atoms with Gasteiger partial charge < -0.3 is 5.11 Å². The van der Waals surface area contributed by atoms with E-state index in [0.29, 0.717) is 0 Å². The summed E-state index contributed by atoms with van der Waals surface area (Å²) in [6.45, 7) is 8.00. The quantitative estimate of drug-likeness (QED) is 0.562. The summed E-state index contributed by atoms with van der Waals surface area (Å²) in [5, 5.41) is 10.3. The molecule has 11 heavy (non-hydrogen) atoms. The predicted molar refractivity (Wildman–Crippen MR) is 48.6 cm³/mol. The molecule has 1 nitrogen and oxygen atoms in total. The fourth-order valence-electron chi connectivity index (χ4n) is 0.420. The molecule has 0 aliphatic heterocycles. The van der Waals surface area contributed by atoms with Crippen molar-refractivity contribution in [3.63, 3.8) is 0 Å². The molecule has 0 aliphatic rings. The van der Waals surface area contributed by atoms with Crippen LogP contribution in [0.2, 0.25) is 0 Å². The zero-order chi connectivity index (χ0) is 9.11. The average Bonchev–Trinajstić information content (AvgIpc) is 2.13. The van der Waals surface area contributed by atoms with E-state index in [1.807, 2.05) is 33.8 Å². The lowest BCUT2D eigenvalue weighted by Gasteiger charge is -1.98. The predicted octanol–water partition coefficient (Wildman–Crippen LogP) is 2.81. The van der Waals surface area contributed by atoms with Crippen molar-refractivity contribution in [3.8, 4) is 5.75 Å². The van der Waals surface area contributed by atoms with Gasteiger partial charge in [0.25, 0.3) is 0 Å². The van der Waals surface area contributed by atoms with Crippen LogP contribution in [0.5, 0.6) is 5.75 Å². The van der Waals surface area contributed by atoms with Crippen LogP contribution >= 0.6 is 0 Å². The highest BCUT2D eigenvalue weighted by Crippen LogP contribution is 1.98. The van der Waals surface area contributed by atoms with E-state index < -0.39 is 0 Å². The average molecular weight is 153 g/mol. The molecule has 0 heterocycles. The van der Waals surface area contributed by atoms with E-state index in [4.69, 9.17) is 0 Å². The van der Waals surface area contributed by atoms with Crippen molar-refractivity contribution in [3.05, 3.63) is 30.3 Å². The lowest BCUT2D eigenvalue weighted by Crippen LogP contribution is -1.85. The minimum Gasteiger partial charge on any atom is -0.872 e. The fourth-order valence-corrected chi connectivity index (χ4v) is 0.420. The molecular weight excluding hydrogens is 136 g/mol. The Kier molecular flexibility index (Phi) is 13.6. The summed E-state index contributed by atoms with van der Waals surface area (Å²) in [5.41, 5.74) is 0. The lowest BCUT2D eigenvalue weighted by atomic mass is 10.3. The number of benzene rings is 1. The first-order valence-electron chi connectivity index (χ1n) is 4.11. The van der Waals surface area contributed by atoms with Gasteiger partial charge in [0.2, 0.25) is 0 Å². The monoisotopic (exact) mass is 153 g/mol. The molecule has 1 heteroatoms. The Morgan fingerprint density at radius 1 is 0.818 bits per heavy atom. The van der Waals surface area contributed by atoms with Crippen LogP contribution in [0.4, 0.5) is 0 Å². The summed E-state index contributed by atoms with van der Waals surface area (Å²) < 4.78 is 0. The summed E-state index contributed by atoms with van der Waals surface area (Å²) >= 11 is 0. The molecule has 0 N–H and O–H groups in total. The van der Waals surface area contributed by atoms with Gasteiger partial charge in [0.15, 0.2) is 0 Å². The Hall–Kier alpha value is -0.980. The minimum absolute atomic E-state index is 0.0718. The molecule has 0 aromatic heterocycles. The van der Waals surface area contributed by atoms with Gasteiger partial charge in [-0.15, -0.1) is 5.75 Å². The topological polar surface area (TPSA) is 23.1 Å². The molecule has 0 amide bonds. The maximum absolute atomic E-state index is 10.3. The molecule has 0 atom stereocenters. The van der Waals surface area contributed by atoms with E-state index in [1.54, 1.807) is 12.1 Å². The second-order valence-corrected chi connectivity index (χ2v) is 1.31. The maximum Gasteiger partial charge on any atom is -0.0623 e. The smallest absolute Gasteiger partial charge is 0.0623 e. The van der Waals surface area contributed by atoms with E-state index in [0.717, 1.165) is 0 Å². The third kappa shape index (κ3) is 9.02. The first-order chi connectivity index (χ1) is 5.39. The minimum atomic E-state index is 0.0718. The standard InChI is InChI=1S/C6H6O.2C2H6/c7-6-4-2-1-3-5-6;2*1-2/h1-5,7H;2*1-2H3/p-1. The van der Waals surface area contributed by atoms with Crippen molar-refractivity contribution >= 4 is 0 Å². The van der Waals surface area contributed by atoms with Crippen LogP contribution in [-0.2, 0) is 0 Å². The van der Waals surface area contributed by atoms with Crippen molar-refractivity contribution in [1.29, 1.82) is 0 Å². The molecule has 0 bridgehead atoms. The second kappa shape index (κ2) is 11.8. The normalized spacial score (nSPS) is 6.55. The van der Waals surface area contributed by atoms with E-state index in [2.05, 4.69) is 0 Å².